The number of ether oxygens (including phenoxy) is 1. The molecule has 1 heterocycles. The first-order valence-corrected chi connectivity index (χ1v) is 6.69. The summed E-state index contributed by atoms with van der Waals surface area (Å²) in [6.07, 6.45) is 0. The number of rotatable bonds is 2. The highest BCUT2D eigenvalue weighted by Gasteiger charge is 2.09. The molecule has 2 N–H and O–H groups in total. The van der Waals surface area contributed by atoms with Crippen molar-refractivity contribution in [1.29, 1.82) is 0 Å². The number of nitrogen functional groups attached to an aromatic ring is 1. The standard InChI is InChI=1S/C16H12ClNO3/c1-9-7-15(19)21-14-8-10(5-6-11(9)14)20-16-12(17)3-2-4-13(16)18/h2-8H,18H2,1H3. The Labute approximate surface area is 125 Å². The summed E-state index contributed by atoms with van der Waals surface area (Å²) in [6, 6.07) is 11.8. The van der Waals surface area contributed by atoms with E-state index in [0.29, 0.717) is 27.8 Å². The Morgan fingerprint density at radius 2 is 2.00 bits per heavy atom. The molecule has 106 valence electrons. The molecule has 0 atom stereocenters. The Kier molecular flexibility index (Phi) is 3.31. The molecule has 0 aliphatic rings. The molecule has 2 aromatic carbocycles. The number of anilines is 1. The van der Waals surface area contributed by atoms with E-state index >= 15 is 0 Å². The summed E-state index contributed by atoms with van der Waals surface area (Å²) < 4.78 is 10.9. The van der Waals surface area contributed by atoms with E-state index in [2.05, 4.69) is 0 Å². The van der Waals surface area contributed by atoms with Gasteiger partial charge in [0.15, 0.2) is 5.75 Å². The van der Waals surface area contributed by atoms with Gasteiger partial charge in [-0.3, -0.25) is 0 Å². The smallest absolute Gasteiger partial charge is 0.336 e. The molecular weight excluding hydrogens is 290 g/mol. The van der Waals surface area contributed by atoms with Gasteiger partial charge in [0.05, 0.1) is 10.7 Å². The fraction of sp³-hybridized carbons (Fsp3) is 0.0625. The molecule has 0 fully saturated rings. The topological polar surface area (TPSA) is 65.5 Å². The first kappa shape index (κ1) is 13.5. The van der Waals surface area contributed by atoms with Crippen LogP contribution in [0.2, 0.25) is 5.02 Å². The number of aryl methyl sites for hydroxylation is 1. The molecule has 3 aromatic rings. The van der Waals surface area contributed by atoms with Crippen molar-refractivity contribution in [2.24, 2.45) is 0 Å². The third-order valence-corrected chi connectivity index (χ3v) is 3.44. The summed E-state index contributed by atoms with van der Waals surface area (Å²) in [4.78, 5) is 11.4. The zero-order valence-corrected chi connectivity index (χ0v) is 12.0. The van der Waals surface area contributed by atoms with E-state index in [4.69, 9.17) is 26.5 Å². The Balaban J connectivity index is 2.08. The van der Waals surface area contributed by atoms with Crippen LogP contribution in [0.3, 0.4) is 0 Å². The number of benzene rings is 2. The van der Waals surface area contributed by atoms with Gasteiger partial charge in [-0.1, -0.05) is 17.7 Å². The van der Waals surface area contributed by atoms with Gasteiger partial charge in [0.2, 0.25) is 0 Å². The van der Waals surface area contributed by atoms with Crippen LogP contribution >= 0.6 is 11.6 Å². The third-order valence-electron chi connectivity index (χ3n) is 3.14. The van der Waals surface area contributed by atoms with Crippen molar-refractivity contribution in [2.75, 3.05) is 5.73 Å². The van der Waals surface area contributed by atoms with Gasteiger partial charge in [0, 0.05) is 17.5 Å². The van der Waals surface area contributed by atoms with Gasteiger partial charge in [0.25, 0.3) is 0 Å². The van der Waals surface area contributed by atoms with Gasteiger partial charge >= 0.3 is 5.63 Å². The molecule has 0 bridgehead atoms. The number of nitrogens with two attached hydrogens (primary N) is 1. The number of halogens is 1. The van der Waals surface area contributed by atoms with Crippen molar-refractivity contribution in [3.8, 4) is 11.5 Å². The van der Waals surface area contributed by atoms with Gasteiger partial charge in [-0.05, 0) is 36.8 Å². The summed E-state index contributed by atoms with van der Waals surface area (Å²) in [5.41, 5.74) is 7.20. The van der Waals surface area contributed by atoms with E-state index in [1.807, 2.05) is 13.0 Å². The highest BCUT2D eigenvalue weighted by Crippen LogP contribution is 2.35. The maximum Gasteiger partial charge on any atom is 0.336 e. The van der Waals surface area contributed by atoms with Crippen LogP contribution in [0.15, 0.2) is 51.7 Å². The highest BCUT2D eigenvalue weighted by atomic mass is 35.5. The molecular formula is C16H12ClNO3. The summed E-state index contributed by atoms with van der Waals surface area (Å²) in [5.74, 6) is 0.879. The predicted octanol–water partition coefficient (Wildman–Crippen LogP) is 4.13. The van der Waals surface area contributed by atoms with Crippen LogP contribution in [0.4, 0.5) is 5.69 Å². The molecule has 5 heteroatoms. The molecule has 3 rings (SSSR count). The maximum atomic E-state index is 11.4. The highest BCUT2D eigenvalue weighted by molar-refractivity contribution is 6.32. The van der Waals surface area contributed by atoms with Crippen LogP contribution in [0.1, 0.15) is 5.56 Å². The first-order valence-electron chi connectivity index (χ1n) is 6.31. The average Bonchev–Trinajstić information content (AvgIpc) is 2.42. The molecule has 0 saturated carbocycles. The predicted molar refractivity (Wildman–Crippen MR) is 83.2 cm³/mol. The zero-order valence-electron chi connectivity index (χ0n) is 11.2. The molecule has 0 aliphatic heterocycles. The van der Waals surface area contributed by atoms with Gasteiger partial charge in [-0.25, -0.2) is 4.79 Å². The number of fused-ring (bicyclic) bond motifs is 1. The second kappa shape index (κ2) is 5.14. The van der Waals surface area contributed by atoms with E-state index < -0.39 is 5.63 Å². The number of hydrogen-bond donors (Lipinski definition) is 1. The molecule has 1 aromatic heterocycles. The van der Waals surface area contributed by atoms with Crippen molar-refractivity contribution >= 4 is 28.3 Å². The minimum atomic E-state index is -0.394. The maximum absolute atomic E-state index is 11.4. The SMILES string of the molecule is Cc1cc(=O)oc2cc(Oc3c(N)cccc3Cl)ccc12. The molecule has 0 amide bonds. The lowest BCUT2D eigenvalue weighted by atomic mass is 10.1. The van der Waals surface area contributed by atoms with Crippen molar-refractivity contribution in [3.05, 3.63) is 63.5 Å². The minimum absolute atomic E-state index is 0.383. The van der Waals surface area contributed by atoms with E-state index in [1.165, 1.54) is 6.07 Å². The van der Waals surface area contributed by atoms with Crippen LogP contribution in [-0.4, -0.2) is 0 Å². The van der Waals surface area contributed by atoms with Crippen LogP contribution in [0, 0.1) is 6.92 Å². The van der Waals surface area contributed by atoms with Gasteiger partial charge < -0.3 is 14.9 Å². The van der Waals surface area contributed by atoms with Gasteiger partial charge in [-0.15, -0.1) is 0 Å². The van der Waals surface area contributed by atoms with Gasteiger partial charge in [-0.2, -0.15) is 0 Å². The summed E-state index contributed by atoms with van der Waals surface area (Å²) in [5, 5.41) is 1.27. The second-order valence-corrected chi connectivity index (χ2v) is 5.07. The van der Waals surface area contributed by atoms with Crippen molar-refractivity contribution in [1.82, 2.24) is 0 Å². The first-order chi connectivity index (χ1) is 10.0. The van der Waals surface area contributed by atoms with Crippen LogP contribution in [0.5, 0.6) is 11.5 Å². The molecule has 4 nitrogen and oxygen atoms in total. The summed E-state index contributed by atoms with van der Waals surface area (Å²) in [7, 11) is 0. The molecule has 0 saturated heterocycles. The average molecular weight is 302 g/mol. The summed E-state index contributed by atoms with van der Waals surface area (Å²) >= 11 is 6.07. The van der Waals surface area contributed by atoms with Crippen molar-refractivity contribution in [2.45, 2.75) is 6.92 Å². The van der Waals surface area contributed by atoms with E-state index in [-0.39, 0.29) is 0 Å². The van der Waals surface area contributed by atoms with E-state index in [1.54, 1.807) is 30.3 Å². The van der Waals surface area contributed by atoms with Gasteiger partial charge in [0.1, 0.15) is 11.3 Å². The Bertz CT molecular complexity index is 866. The fourth-order valence-electron chi connectivity index (χ4n) is 2.12. The molecule has 0 aliphatic carbocycles. The van der Waals surface area contributed by atoms with Crippen LogP contribution in [-0.2, 0) is 0 Å². The van der Waals surface area contributed by atoms with Crippen LogP contribution in [0.25, 0.3) is 11.0 Å². The second-order valence-electron chi connectivity index (χ2n) is 4.67. The monoisotopic (exact) mass is 301 g/mol. The molecule has 0 spiro atoms. The quantitative estimate of drug-likeness (QED) is 0.571. The minimum Gasteiger partial charge on any atom is -0.453 e. The Morgan fingerprint density at radius 1 is 1.19 bits per heavy atom. The van der Waals surface area contributed by atoms with Crippen LogP contribution < -0.4 is 16.1 Å². The number of para-hydroxylation sites is 1. The summed E-state index contributed by atoms with van der Waals surface area (Å²) in [6.45, 7) is 1.85. The lowest BCUT2D eigenvalue weighted by Gasteiger charge is -2.10. The van der Waals surface area contributed by atoms with E-state index in [0.717, 1.165) is 10.9 Å². The Morgan fingerprint density at radius 3 is 2.76 bits per heavy atom. The molecule has 21 heavy (non-hydrogen) atoms. The third kappa shape index (κ3) is 2.58. The normalized spacial score (nSPS) is 10.8. The van der Waals surface area contributed by atoms with Crippen molar-refractivity contribution in [3.63, 3.8) is 0 Å². The fourth-order valence-corrected chi connectivity index (χ4v) is 2.34. The largest absolute Gasteiger partial charge is 0.453 e. The molecule has 0 unspecified atom stereocenters. The van der Waals surface area contributed by atoms with Crippen molar-refractivity contribution < 1.29 is 9.15 Å². The van der Waals surface area contributed by atoms with E-state index in [9.17, 15) is 4.79 Å². The Hall–Kier alpha value is -2.46. The number of hydrogen-bond acceptors (Lipinski definition) is 4. The zero-order chi connectivity index (χ0) is 15.0. The molecule has 0 radical (unpaired) electrons. The lowest BCUT2D eigenvalue weighted by Crippen LogP contribution is -1.98. The lowest BCUT2D eigenvalue weighted by molar-refractivity contribution is 0.483.